The molecule has 26 heavy (non-hydrogen) atoms. The number of halogens is 1. The largest absolute Gasteiger partial charge is 0.271 e. The number of carbonyl (C=O) groups excluding carboxylic acids is 1. The number of amides is 1. The van der Waals surface area contributed by atoms with E-state index in [0.29, 0.717) is 5.69 Å². The van der Waals surface area contributed by atoms with Crippen LogP contribution in [0.2, 0.25) is 0 Å². The van der Waals surface area contributed by atoms with Crippen LogP contribution in [0.3, 0.4) is 0 Å². The summed E-state index contributed by atoms with van der Waals surface area (Å²) >= 11 is 3.34. The lowest BCUT2D eigenvalue weighted by Gasteiger charge is -2.23. The van der Waals surface area contributed by atoms with Crippen LogP contribution in [0.4, 0.5) is 5.69 Å². The zero-order valence-electron chi connectivity index (χ0n) is 14.7. The topological polar surface area (TPSA) is 78.8 Å². The van der Waals surface area contributed by atoms with Crippen molar-refractivity contribution in [2.24, 2.45) is 5.10 Å². The zero-order chi connectivity index (χ0) is 19.3. The number of nitrogens with zero attached hydrogens (tertiary/aromatic N) is 2. The summed E-state index contributed by atoms with van der Waals surface area (Å²) in [5.41, 5.74) is 5.42. The second kappa shape index (κ2) is 8.46. The summed E-state index contributed by atoms with van der Waals surface area (Å²) in [6, 6.07) is 12.7. The molecule has 0 saturated heterocycles. The number of benzene rings is 2. The molecule has 0 aliphatic heterocycles. The van der Waals surface area contributed by atoms with Crippen LogP contribution >= 0.6 is 15.9 Å². The van der Waals surface area contributed by atoms with E-state index >= 15 is 0 Å². The Kier molecular flexibility index (Phi) is 6.55. The van der Waals surface area contributed by atoms with E-state index in [-0.39, 0.29) is 6.54 Å². The van der Waals surface area contributed by atoms with E-state index in [4.69, 9.17) is 0 Å². The summed E-state index contributed by atoms with van der Waals surface area (Å²) in [6.07, 6.45) is 2.57. The fourth-order valence-corrected chi connectivity index (χ4v) is 3.45. The van der Waals surface area contributed by atoms with Gasteiger partial charge in [0.1, 0.15) is 6.54 Å². The highest BCUT2D eigenvalue weighted by molar-refractivity contribution is 9.10. The highest BCUT2D eigenvalue weighted by Gasteiger charge is 2.22. The van der Waals surface area contributed by atoms with Gasteiger partial charge in [0.2, 0.25) is 10.0 Å². The van der Waals surface area contributed by atoms with Gasteiger partial charge >= 0.3 is 0 Å². The van der Waals surface area contributed by atoms with Gasteiger partial charge in [0.05, 0.1) is 18.2 Å². The van der Waals surface area contributed by atoms with Crippen LogP contribution in [0.15, 0.2) is 52.0 Å². The van der Waals surface area contributed by atoms with Crippen LogP contribution in [0.1, 0.15) is 16.7 Å². The summed E-state index contributed by atoms with van der Waals surface area (Å²) < 4.78 is 26.3. The van der Waals surface area contributed by atoms with Crippen molar-refractivity contribution in [3.63, 3.8) is 0 Å². The van der Waals surface area contributed by atoms with Crippen molar-refractivity contribution in [3.8, 4) is 0 Å². The SMILES string of the molecule is Cc1cccc(N(CC(=O)N/N=C\c2ccc(Br)cc2)S(C)(=O)=O)c1C. The predicted molar refractivity (Wildman–Crippen MR) is 108 cm³/mol. The van der Waals surface area contributed by atoms with Crippen LogP contribution in [0, 0.1) is 13.8 Å². The van der Waals surface area contributed by atoms with Gasteiger partial charge in [-0.15, -0.1) is 0 Å². The molecule has 0 aliphatic carbocycles. The van der Waals surface area contributed by atoms with Crippen molar-refractivity contribution in [1.82, 2.24) is 5.43 Å². The molecule has 6 nitrogen and oxygen atoms in total. The van der Waals surface area contributed by atoms with Crippen molar-refractivity contribution in [2.75, 3.05) is 17.1 Å². The molecule has 0 saturated carbocycles. The van der Waals surface area contributed by atoms with E-state index in [1.165, 1.54) is 6.21 Å². The zero-order valence-corrected chi connectivity index (χ0v) is 17.1. The Morgan fingerprint density at radius 2 is 1.85 bits per heavy atom. The summed E-state index contributed by atoms with van der Waals surface area (Å²) in [6.45, 7) is 3.37. The van der Waals surface area contributed by atoms with E-state index in [2.05, 4.69) is 26.5 Å². The van der Waals surface area contributed by atoms with Gasteiger partial charge in [-0.3, -0.25) is 9.10 Å². The Labute approximate surface area is 162 Å². The molecule has 0 atom stereocenters. The van der Waals surface area contributed by atoms with E-state index in [0.717, 1.165) is 31.7 Å². The average Bonchev–Trinajstić information content (AvgIpc) is 2.56. The summed E-state index contributed by atoms with van der Waals surface area (Å²) in [5.74, 6) is -0.523. The molecule has 138 valence electrons. The van der Waals surface area contributed by atoms with Gasteiger partial charge in [0, 0.05) is 4.47 Å². The van der Waals surface area contributed by atoms with Crippen LogP contribution in [-0.4, -0.2) is 33.3 Å². The Morgan fingerprint density at radius 1 is 1.19 bits per heavy atom. The minimum Gasteiger partial charge on any atom is -0.271 e. The molecule has 2 aromatic carbocycles. The molecule has 1 N–H and O–H groups in total. The van der Waals surface area contributed by atoms with Gasteiger partial charge in [-0.25, -0.2) is 13.8 Å². The molecule has 0 spiro atoms. The highest BCUT2D eigenvalue weighted by Crippen LogP contribution is 2.24. The summed E-state index contributed by atoms with van der Waals surface area (Å²) in [5, 5.41) is 3.88. The van der Waals surface area contributed by atoms with Gasteiger partial charge in [0.25, 0.3) is 5.91 Å². The first-order valence-electron chi connectivity index (χ1n) is 7.80. The quantitative estimate of drug-likeness (QED) is 0.557. The first-order chi connectivity index (χ1) is 12.2. The van der Waals surface area contributed by atoms with E-state index < -0.39 is 15.9 Å². The number of nitrogens with one attached hydrogen (secondary N) is 1. The highest BCUT2D eigenvalue weighted by atomic mass is 79.9. The molecular weight excluding hydrogens is 418 g/mol. The Hall–Kier alpha value is -2.19. The van der Waals surface area contributed by atoms with Crippen LogP contribution in [-0.2, 0) is 14.8 Å². The second-order valence-corrected chi connectivity index (χ2v) is 8.66. The standard InChI is InChI=1S/C18H20BrN3O3S/c1-13-5-4-6-17(14(13)2)22(26(3,24)25)12-18(23)21-20-11-15-7-9-16(19)10-8-15/h4-11H,12H2,1-3H3,(H,21,23)/b20-11-. The number of anilines is 1. The number of hydrogen-bond donors (Lipinski definition) is 1. The van der Waals surface area contributed by atoms with E-state index in [9.17, 15) is 13.2 Å². The van der Waals surface area contributed by atoms with Gasteiger partial charge in [-0.05, 0) is 48.7 Å². The molecule has 0 unspecified atom stereocenters. The third kappa shape index (κ3) is 5.40. The Bertz CT molecular complexity index is 925. The maximum atomic E-state index is 12.2. The number of sulfonamides is 1. The summed E-state index contributed by atoms with van der Waals surface area (Å²) in [4.78, 5) is 12.2. The maximum absolute atomic E-state index is 12.2. The van der Waals surface area contributed by atoms with Crippen LogP contribution in [0.5, 0.6) is 0 Å². The van der Waals surface area contributed by atoms with Crippen molar-refractivity contribution in [1.29, 1.82) is 0 Å². The predicted octanol–water partition coefficient (Wildman–Crippen LogP) is 2.98. The van der Waals surface area contributed by atoms with Crippen molar-refractivity contribution >= 4 is 43.8 Å². The molecular formula is C18H20BrN3O3S. The molecule has 0 aromatic heterocycles. The van der Waals surface area contributed by atoms with Gasteiger partial charge in [-0.2, -0.15) is 5.10 Å². The van der Waals surface area contributed by atoms with Crippen LogP contribution < -0.4 is 9.73 Å². The van der Waals surface area contributed by atoms with Crippen LogP contribution in [0.25, 0.3) is 0 Å². The smallest absolute Gasteiger partial charge is 0.260 e. The maximum Gasteiger partial charge on any atom is 0.260 e. The molecule has 0 radical (unpaired) electrons. The molecule has 0 heterocycles. The van der Waals surface area contributed by atoms with Crippen molar-refractivity contribution in [2.45, 2.75) is 13.8 Å². The lowest BCUT2D eigenvalue weighted by Crippen LogP contribution is -2.39. The van der Waals surface area contributed by atoms with E-state index in [1.54, 1.807) is 12.1 Å². The second-order valence-electron chi connectivity index (χ2n) is 5.83. The van der Waals surface area contributed by atoms with Crippen molar-refractivity contribution < 1.29 is 13.2 Å². The minimum absolute atomic E-state index is 0.346. The average molecular weight is 438 g/mol. The Balaban J connectivity index is 2.12. The monoisotopic (exact) mass is 437 g/mol. The van der Waals surface area contributed by atoms with Gasteiger partial charge in [0.15, 0.2) is 0 Å². The number of rotatable bonds is 6. The molecule has 0 aliphatic rings. The molecule has 2 aromatic rings. The molecule has 1 amide bonds. The number of aryl methyl sites for hydroxylation is 1. The number of carbonyl (C=O) groups is 1. The molecule has 2 rings (SSSR count). The third-order valence-electron chi connectivity index (χ3n) is 3.81. The van der Waals surface area contributed by atoms with Crippen molar-refractivity contribution in [3.05, 3.63) is 63.6 Å². The first-order valence-corrected chi connectivity index (χ1v) is 10.4. The number of hydrazone groups is 1. The summed E-state index contributed by atoms with van der Waals surface area (Å²) in [7, 11) is -3.62. The Morgan fingerprint density at radius 3 is 2.46 bits per heavy atom. The van der Waals surface area contributed by atoms with Gasteiger partial charge < -0.3 is 0 Å². The van der Waals surface area contributed by atoms with E-state index in [1.807, 2.05) is 44.2 Å². The first kappa shape index (κ1) is 20.1. The molecule has 0 fully saturated rings. The third-order valence-corrected chi connectivity index (χ3v) is 5.46. The lowest BCUT2D eigenvalue weighted by molar-refractivity contribution is -0.119. The minimum atomic E-state index is -3.62. The lowest BCUT2D eigenvalue weighted by atomic mass is 10.1. The molecule has 0 bridgehead atoms. The fourth-order valence-electron chi connectivity index (χ4n) is 2.28. The fraction of sp³-hybridized carbons (Fsp3) is 0.222. The number of hydrogen-bond acceptors (Lipinski definition) is 4. The van der Waals surface area contributed by atoms with Gasteiger partial charge in [-0.1, -0.05) is 40.2 Å². The molecule has 8 heteroatoms. The normalized spacial score (nSPS) is 11.5.